The normalized spacial score (nSPS) is 20.0. The summed E-state index contributed by atoms with van der Waals surface area (Å²) in [5.41, 5.74) is 0. The van der Waals surface area contributed by atoms with Crippen molar-refractivity contribution in [3.63, 3.8) is 0 Å². The second-order valence-corrected chi connectivity index (χ2v) is 3.17. The number of hydrogen-bond acceptors (Lipinski definition) is 4. The van der Waals surface area contributed by atoms with E-state index in [1.165, 1.54) is 0 Å². The summed E-state index contributed by atoms with van der Waals surface area (Å²) < 4.78 is 0. The summed E-state index contributed by atoms with van der Waals surface area (Å²) in [7, 11) is 0. The monoisotopic (exact) mass is 197 g/mol. The summed E-state index contributed by atoms with van der Waals surface area (Å²) >= 11 is 0. The fourth-order valence-corrected chi connectivity index (χ4v) is 1.45. The molecule has 1 rings (SSSR count). The van der Waals surface area contributed by atoms with Gasteiger partial charge in [0.1, 0.15) is 0 Å². The van der Waals surface area contributed by atoms with E-state index in [0.717, 1.165) is 32.1 Å². The molecule has 1 aliphatic rings. The Morgan fingerprint density at radius 1 is 1.64 bits per heavy atom. The molecular weight excluding hydrogens is 182 g/mol. The van der Waals surface area contributed by atoms with E-state index in [9.17, 15) is 10.1 Å². The number of hydrogen-bond donors (Lipinski definition) is 1. The third-order valence-electron chi connectivity index (χ3n) is 2.08. The van der Waals surface area contributed by atoms with Gasteiger partial charge in [-0.15, -0.1) is 6.58 Å². The fraction of sp³-hybridized carbons (Fsp3) is 0.556. The summed E-state index contributed by atoms with van der Waals surface area (Å²) in [6, 6.07) is 0. The molecule has 0 spiro atoms. The van der Waals surface area contributed by atoms with Gasteiger partial charge in [-0.25, -0.2) is 0 Å². The zero-order valence-corrected chi connectivity index (χ0v) is 8.11. The first-order chi connectivity index (χ1) is 6.74. The van der Waals surface area contributed by atoms with Gasteiger partial charge in [0.2, 0.25) is 0 Å². The maximum absolute atomic E-state index is 10.4. The topological polar surface area (TPSA) is 58.4 Å². The maximum Gasteiger partial charge on any atom is 0.274 e. The highest BCUT2D eigenvalue weighted by atomic mass is 16.6. The fourth-order valence-electron chi connectivity index (χ4n) is 1.45. The van der Waals surface area contributed by atoms with Gasteiger partial charge in [0.25, 0.3) is 6.20 Å². The van der Waals surface area contributed by atoms with Gasteiger partial charge >= 0.3 is 0 Å². The SMILES string of the molecule is C=CCN1CCCCNC1=C[N+](=O)[O-]. The quantitative estimate of drug-likeness (QED) is 0.415. The second-order valence-electron chi connectivity index (χ2n) is 3.17. The molecule has 5 heteroatoms. The van der Waals surface area contributed by atoms with E-state index in [2.05, 4.69) is 11.9 Å². The van der Waals surface area contributed by atoms with Crippen molar-refractivity contribution in [2.24, 2.45) is 0 Å². The number of rotatable bonds is 3. The van der Waals surface area contributed by atoms with Crippen molar-refractivity contribution in [1.29, 1.82) is 0 Å². The summed E-state index contributed by atoms with van der Waals surface area (Å²) in [6.07, 6.45) is 4.87. The molecule has 1 N–H and O–H groups in total. The van der Waals surface area contributed by atoms with Gasteiger partial charge in [0, 0.05) is 19.6 Å². The average molecular weight is 197 g/mol. The van der Waals surface area contributed by atoms with Crippen molar-refractivity contribution in [2.45, 2.75) is 12.8 Å². The Morgan fingerprint density at radius 3 is 3.07 bits per heavy atom. The Labute approximate surface area is 83.2 Å². The van der Waals surface area contributed by atoms with Crippen LogP contribution in [0.5, 0.6) is 0 Å². The molecule has 14 heavy (non-hydrogen) atoms. The summed E-state index contributed by atoms with van der Waals surface area (Å²) in [4.78, 5) is 11.9. The molecule has 0 amide bonds. The van der Waals surface area contributed by atoms with Crippen LogP contribution < -0.4 is 5.32 Å². The van der Waals surface area contributed by atoms with Crippen LogP contribution in [0.15, 0.2) is 24.7 Å². The van der Waals surface area contributed by atoms with E-state index in [4.69, 9.17) is 0 Å². The lowest BCUT2D eigenvalue weighted by molar-refractivity contribution is -0.404. The van der Waals surface area contributed by atoms with Crippen LogP contribution in [0.25, 0.3) is 0 Å². The van der Waals surface area contributed by atoms with Gasteiger partial charge in [-0.2, -0.15) is 0 Å². The number of nitro groups is 1. The Balaban J connectivity index is 2.72. The van der Waals surface area contributed by atoms with E-state index in [-0.39, 0.29) is 0 Å². The first-order valence-electron chi connectivity index (χ1n) is 4.69. The van der Waals surface area contributed by atoms with Crippen molar-refractivity contribution in [1.82, 2.24) is 10.2 Å². The van der Waals surface area contributed by atoms with E-state index in [0.29, 0.717) is 12.4 Å². The standard InChI is InChI=1S/C9H15N3O2/c1-2-6-11-7-4-3-5-10-9(11)8-12(13)14/h2,8,10H,1,3-7H2. The van der Waals surface area contributed by atoms with Gasteiger partial charge in [-0.1, -0.05) is 6.08 Å². The first kappa shape index (κ1) is 10.6. The molecule has 78 valence electrons. The van der Waals surface area contributed by atoms with Crippen molar-refractivity contribution >= 4 is 0 Å². The maximum atomic E-state index is 10.4. The lowest BCUT2D eigenvalue weighted by Crippen LogP contribution is -2.30. The predicted octanol–water partition coefficient (Wildman–Crippen LogP) is 0.933. The highest BCUT2D eigenvalue weighted by molar-refractivity contribution is 4.98. The van der Waals surface area contributed by atoms with Crippen LogP contribution in [0, 0.1) is 10.1 Å². The zero-order chi connectivity index (χ0) is 10.4. The smallest absolute Gasteiger partial charge is 0.274 e. The molecule has 0 saturated carbocycles. The first-order valence-corrected chi connectivity index (χ1v) is 4.69. The zero-order valence-electron chi connectivity index (χ0n) is 8.11. The lowest BCUT2D eigenvalue weighted by atomic mass is 10.3. The van der Waals surface area contributed by atoms with Gasteiger partial charge in [-0.3, -0.25) is 10.1 Å². The van der Waals surface area contributed by atoms with Gasteiger partial charge < -0.3 is 10.2 Å². The molecule has 1 heterocycles. The molecule has 0 aromatic heterocycles. The molecule has 0 atom stereocenters. The largest absolute Gasteiger partial charge is 0.367 e. The third kappa shape index (κ3) is 3.08. The summed E-state index contributed by atoms with van der Waals surface area (Å²) in [5.74, 6) is 0.590. The Morgan fingerprint density at radius 2 is 2.43 bits per heavy atom. The third-order valence-corrected chi connectivity index (χ3v) is 2.08. The van der Waals surface area contributed by atoms with Crippen LogP contribution >= 0.6 is 0 Å². The number of nitrogens with one attached hydrogen (secondary N) is 1. The van der Waals surface area contributed by atoms with Crippen LogP contribution in [0.1, 0.15) is 12.8 Å². The van der Waals surface area contributed by atoms with Crippen molar-refractivity contribution in [3.8, 4) is 0 Å². The van der Waals surface area contributed by atoms with Gasteiger partial charge in [0.15, 0.2) is 5.82 Å². The Hall–Kier alpha value is -1.52. The minimum atomic E-state index is -0.427. The van der Waals surface area contributed by atoms with E-state index in [1.807, 2.05) is 4.90 Å². The summed E-state index contributed by atoms with van der Waals surface area (Å²) in [6.45, 7) is 5.92. The lowest BCUT2D eigenvalue weighted by Gasteiger charge is -2.21. The van der Waals surface area contributed by atoms with E-state index >= 15 is 0 Å². The molecule has 0 radical (unpaired) electrons. The minimum Gasteiger partial charge on any atom is -0.367 e. The Bertz CT molecular complexity index is 250. The molecule has 1 aliphatic heterocycles. The molecular formula is C9H15N3O2. The van der Waals surface area contributed by atoms with Crippen LogP contribution in [-0.2, 0) is 0 Å². The number of nitrogens with zero attached hydrogens (tertiary/aromatic N) is 2. The Kier molecular flexibility index (Phi) is 3.97. The highest BCUT2D eigenvalue weighted by Crippen LogP contribution is 2.08. The molecule has 0 aliphatic carbocycles. The van der Waals surface area contributed by atoms with Crippen molar-refractivity contribution < 1.29 is 4.92 Å². The molecule has 1 saturated heterocycles. The van der Waals surface area contributed by atoms with Crippen molar-refractivity contribution in [2.75, 3.05) is 19.6 Å². The van der Waals surface area contributed by atoms with E-state index < -0.39 is 4.92 Å². The van der Waals surface area contributed by atoms with Crippen LogP contribution in [0.3, 0.4) is 0 Å². The average Bonchev–Trinajstić information content (AvgIpc) is 2.32. The van der Waals surface area contributed by atoms with Crippen LogP contribution in [0.4, 0.5) is 0 Å². The molecule has 0 unspecified atom stereocenters. The van der Waals surface area contributed by atoms with Crippen LogP contribution in [0.2, 0.25) is 0 Å². The predicted molar refractivity (Wildman–Crippen MR) is 54.1 cm³/mol. The van der Waals surface area contributed by atoms with Crippen LogP contribution in [-0.4, -0.2) is 29.5 Å². The highest BCUT2D eigenvalue weighted by Gasteiger charge is 2.14. The van der Waals surface area contributed by atoms with E-state index in [1.54, 1.807) is 6.08 Å². The molecule has 0 bridgehead atoms. The molecule has 0 aromatic carbocycles. The molecule has 5 nitrogen and oxygen atoms in total. The molecule has 0 aromatic rings. The van der Waals surface area contributed by atoms with Gasteiger partial charge in [0.05, 0.1) is 4.92 Å². The minimum absolute atomic E-state index is 0.427. The second kappa shape index (κ2) is 5.26. The summed E-state index contributed by atoms with van der Waals surface area (Å²) in [5, 5.41) is 13.4. The van der Waals surface area contributed by atoms with Crippen molar-refractivity contribution in [3.05, 3.63) is 34.8 Å². The molecule has 1 fully saturated rings. The van der Waals surface area contributed by atoms with Gasteiger partial charge in [-0.05, 0) is 12.8 Å².